The Balaban J connectivity index is 0.00000158. The predicted molar refractivity (Wildman–Crippen MR) is 99.4 cm³/mol. The van der Waals surface area contributed by atoms with E-state index in [0.717, 1.165) is 4.57 Å². The summed E-state index contributed by atoms with van der Waals surface area (Å²) in [4.78, 5) is 26.9. The summed E-state index contributed by atoms with van der Waals surface area (Å²) in [5.74, 6) is -0.0490. The highest BCUT2D eigenvalue weighted by Crippen LogP contribution is 2.28. The second kappa shape index (κ2) is 13.0. The summed E-state index contributed by atoms with van der Waals surface area (Å²) >= 11 is 0. The van der Waals surface area contributed by atoms with Gasteiger partial charge >= 0.3 is 11.8 Å². The van der Waals surface area contributed by atoms with Crippen molar-refractivity contribution >= 4 is 11.9 Å². The molecule has 1 aliphatic rings. The van der Waals surface area contributed by atoms with Gasteiger partial charge in [-0.15, -0.1) is 0 Å². The summed E-state index contributed by atoms with van der Waals surface area (Å²) in [5, 5.41) is 30.8. The molecule has 4 atom stereocenters. The first-order chi connectivity index (χ1) is 13.0. The van der Waals surface area contributed by atoms with E-state index < -0.39 is 42.9 Å². The van der Waals surface area contributed by atoms with Gasteiger partial charge in [-0.3, -0.25) is 9.88 Å². The third-order valence-electron chi connectivity index (χ3n) is 3.18. The number of amides is 1. The largest absolute Gasteiger partial charge is 0.445 e. The second-order valence-corrected chi connectivity index (χ2v) is 4.74. The molecule has 0 aliphatic carbocycles. The summed E-state index contributed by atoms with van der Waals surface area (Å²) in [5.41, 5.74) is -0.818. The molecule has 27 heavy (non-hydrogen) atoms. The molecule has 1 saturated heterocycles. The first kappa shape index (κ1) is 24.7. The Morgan fingerprint density at radius 3 is 2.48 bits per heavy atom. The Morgan fingerprint density at radius 2 is 2.00 bits per heavy atom. The summed E-state index contributed by atoms with van der Waals surface area (Å²) in [7, 11) is 0. The molecule has 1 aromatic rings. The lowest BCUT2D eigenvalue weighted by Gasteiger charge is -2.17. The first-order valence-electron chi connectivity index (χ1n) is 8.74. The van der Waals surface area contributed by atoms with Gasteiger partial charge in [0, 0.05) is 6.20 Å². The van der Waals surface area contributed by atoms with Crippen molar-refractivity contribution in [1.29, 1.82) is 0 Å². The van der Waals surface area contributed by atoms with Crippen LogP contribution in [0.1, 0.15) is 33.9 Å². The van der Waals surface area contributed by atoms with Crippen LogP contribution < -0.4 is 11.0 Å². The van der Waals surface area contributed by atoms with Crippen LogP contribution in [-0.4, -0.2) is 62.5 Å². The number of ether oxygens (including phenoxy) is 2. The number of nitrogens with zero attached hydrogens (tertiary/aromatic N) is 2. The second-order valence-electron chi connectivity index (χ2n) is 4.74. The standard InChI is InChI=1S/C13H17N3O7.2C2H6/c1-2-5-22-13(21)15-8-3-4-16(12(20)14-8)11-10(19)9(18)7(6-17)23-11;2*1-2/h2-4,7,9-11,17-19H,1,5-6H2,(H,14,15,20,21);2*1-2H3. The maximum absolute atomic E-state index is 12.0. The highest BCUT2D eigenvalue weighted by atomic mass is 16.6. The molecule has 2 heterocycles. The van der Waals surface area contributed by atoms with E-state index in [-0.39, 0.29) is 12.4 Å². The summed E-state index contributed by atoms with van der Waals surface area (Å²) in [6, 6.07) is 1.30. The number of rotatable bonds is 5. The fraction of sp³-hybridized carbons (Fsp3) is 0.588. The van der Waals surface area contributed by atoms with Crippen molar-refractivity contribution in [2.45, 2.75) is 52.2 Å². The Morgan fingerprint density at radius 1 is 1.37 bits per heavy atom. The van der Waals surface area contributed by atoms with Crippen LogP contribution in [0.5, 0.6) is 0 Å². The van der Waals surface area contributed by atoms with Gasteiger partial charge < -0.3 is 24.8 Å². The lowest BCUT2D eigenvalue weighted by molar-refractivity contribution is -0.0549. The van der Waals surface area contributed by atoms with E-state index >= 15 is 0 Å². The fourth-order valence-electron chi connectivity index (χ4n) is 2.06. The molecule has 1 aliphatic heterocycles. The molecule has 0 saturated carbocycles. The van der Waals surface area contributed by atoms with Gasteiger partial charge in [-0.1, -0.05) is 40.3 Å². The molecule has 0 radical (unpaired) electrons. The molecule has 10 heteroatoms. The van der Waals surface area contributed by atoms with E-state index in [2.05, 4.69) is 21.6 Å². The summed E-state index contributed by atoms with van der Waals surface area (Å²) in [6.45, 7) is 10.9. The smallest absolute Gasteiger partial charge is 0.413 e. The number of hydrogen-bond donors (Lipinski definition) is 4. The van der Waals surface area contributed by atoms with Crippen LogP contribution in [0, 0.1) is 0 Å². The van der Waals surface area contributed by atoms with Crippen LogP contribution in [0.3, 0.4) is 0 Å². The average Bonchev–Trinajstić information content (AvgIpc) is 2.98. The van der Waals surface area contributed by atoms with Gasteiger partial charge in [-0.25, -0.2) is 9.59 Å². The third-order valence-corrected chi connectivity index (χ3v) is 3.18. The number of carbonyl (C=O) groups excluding carboxylic acids is 1. The van der Waals surface area contributed by atoms with E-state index in [1.807, 2.05) is 27.7 Å². The molecule has 1 aromatic heterocycles. The van der Waals surface area contributed by atoms with Crippen LogP contribution in [0.4, 0.5) is 10.6 Å². The molecule has 154 valence electrons. The number of hydrogen-bond acceptors (Lipinski definition) is 8. The minimum absolute atomic E-state index is 0.00540. The monoisotopic (exact) mass is 387 g/mol. The fourth-order valence-corrected chi connectivity index (χ4v) is 2.06. The number of carbonyl (C=O) groups is 1. The van der Waals surface area contributed by atoms with E-state index in [4.69, 9.17) is 9.84 Å². The van der Waals surface area contributed by atoms with Crippen LogP contribution in [0.25, 0.3) is 0 Å². The molecule has 1 fully saturated rings. The van der Waals surface area contributed by atoms with Gasteiger partial charge in [0.15, 0.2) is 6.23 Å². The topological polar surface area (TPSA) is 143 Å². The minimum atomic E-state index is -1.40. The quantitative estimate of drug-likeness (QED) is 0.539. The van der Waals surface area contributed by atoms with Crippen molar-refractivity contribution in [1.82, 2.24) is 9.55 Å². The molecular formula is C17H29N3O7. The third kappa shape index (κ3) is 6.75. The summed E-state index contributed by atoms with van der Waals surface area (Å²) < 4.78 is 10.9. The van der Waals surface area contributed by atoms with Crippen molar-refractivity contribution in [3.8, 4) is 0 Å². The van der Waals surface area contributed by atoms with Gasteiger partial charge in [-0.05, 0) is 6.07 Å². The summed E-state index contributed by atoms with van der Waals surface area (Å²) in [6.07, 6.45) is -3.11. The number of aromatic nitrogens is 2. The number of aliphatic hydroxyl groups excluding tert-OH is 3. The van der Waals surface area contributed by atoms with Gasteiger partial charge in [0.2, 0.25) is 0 Å². The lowest BCUT2D eigenvalue weighted by atomic mass is 10.1. The molecule has 4 unspecified atom stereocenters. The molecule has 0 aromatic carbocycles. The maximum atomic E-state index is 12.0. The Bertz CT molecular complexity index is 635. The number of anilines is 1. The Kier molecular flexibility index (Phi) is 11.9. The first-order valence-corrected chi connectivity index (χ1v) is 8.74. The molecule has 1 amide bonds. The zero-order valence-electron chi connectivity index (χ0n) is 16.0. The van der Waals surface area contributed by atoms with Crippen LogP contribution in [0.2, 0.25) is 0 Å². The SMILES string of the molecule is C=CCOC(=O)Nc1ccn(C2OC(CO)C(O)C2O)c(=O)n1.CC.CC. The number of aliphatic hydroxyl groups is 3. The predicted octanol–water partition coefficient (Wildman–Crippen LogP) is 0.642. The Hall–Kier alpha value is -2.27. The van der Waals surface area contributed by atoms with Crippen molar-refractivity contribution in [3.63, 3.8) is 0 Å². The van der Waals surface area contributed by atoms with Crippen molar-refractivity contribution in [3.05, 3.63) is 35.4 Å². The van der Waals surface area contributed by atoms with Crippen molar-refractivity contribution in [2.24, 2.45) is 0 Å². The maximum Gasteiger partial charge on any atom is 0.413 e. The molecule has 0 bridgehead atoms. The van der Waals surface area contributed by atoms with E-state index in [0.29, 0.717) is 0 Å². The molecule has 2 rings (SSSR count). The highest BCUT2D eigenvalue weighted by molar-refractivity contribution is 5.83. The zero-order chi connectivity index (χ0) is 21.0. The van der Waals surface area contributed by atoms with Crippen molar-refractivity contribution in [2.75, 3.05) is 18.5 Å². The molecular weight excluding hydrogens is 358 g/mol. The van der Waals surface area contributed by atoms with Gasteiger partial charge in [0.1, 0.15) is 30.7 Å². The lowest BCUT2D eigenvalue weighted by Crippen LogP contribution is -2.36. The van der Waals surface area contributed by atoms with Crippen LogP contribution in [-0.2, 0) is 9.47 Å². The van der Waals surface area contributed by atoms with E-state index in [9.17, 15) is 19.8 Å². The van der Waals surface area contributed by atoms with Crippen molar-refractivity contribution < 1.29 is 29.6 Å². The Labute approximate surface area is 158 Å². The number of nitrogens with one attached hydrogen (secondary N) is 1. The molecule has 4 N–H and O–H groups in total. The van der Waals surface area contributed by atoms with Gasteiger partial charge in [0.25, 0.3) is 0 Å². The zero-order valence-corrected chi connectivity index (χ0v) is 16.0. The van der Waals surface area contributed by atoms with Crippen LogP contribution >= 0.6 is 0 Å². The molecule has 10 nitrogen and oxygen atoms in total. The average molecular weight is 387 g/mol. The van der Waals surface area contributed by atoms with E-state index in [1.54, 1.807) is 0 Å². The normalized spacial score (nSPS) is 23.2. The van der Waals surface area contributed by atoms with Gasteiger partial charge in [0.05, 0.1) is 6.61 Å². The van der Waals surface area contributed by atoms with E-state index in [1.165, 1.54) is 18.3 Å². The molecule has 0 spiro atoms. The minimum Gasteiger partial charge on any atom is -0.445 e. The highest BCUT2D eigenvalue weighted by Gasteiger charge is 2.43. The van der Waals surface area contributed by atoms with Gasteiger partial charge in [-0.2, -0.15) is 4.98 Å². The van der Waals surface area contributed by atoms with Crippen LogP contribution in [0.15, 0.2) is 29.7 Å².